The average Bonchev–Trinajstić information content (AvgIpc) is 2.26. The fourth-order valence-electron chi connectivity index (χ4n) is 3.97. The highest BCUT2D eigenvalue weighted by molar-refractivity contribution is 5.12. The molecule has 0 aromatic carbocycles. The number of hydrogen-bond acceptors (Lipinski definition) is 1. The smallest absolute Gasteiger partial charge is 0.253 e. The van der Waals surface area contributed by atoms with E-state index in [1.54, 1.807) is 0 Å². The van der Waals surface area contributed by atoms with Crippen molar-refractivity contribution >= 4 is 0 Å². The first-order valence-corrected chi connectivity index (χ1v) is 8.36. The molecule has 0 fully saturated rings. The Kier molecular flexibility index (Phi) is 7.26. The molecule has 0 unspecified atom stereocenters. The highest BCUT2D eigenvalue weighted by atomic mass is 19.3. The molecule has 0 rings (SSSR count). The molecule has 0 N–H and O–H groups in total. The second kappa shape index (κ2) is 7.51. The Morgan fingerprint density at radius 3 is 0.871 bits per heavy atom. The van der Waals surface area contributed by atoms with Crippen molar-refractivity contribution in [3.63, 3.8) is 0 Å². The molecule has 0 aliphatic rings. The van der Waals surface area contributed by atoms with E-state index < -0.39 is 93.7 Å². The van der Waals surface area contributed by atoms with Gasteiger partial charge in [-0.1, -0.05) is 6.92 Å². The molecule has 0 radical (unpaired) electrons. The number of ether oxygens (including phenoxy) is 1. The number of hydrogen-bond donors (Lipinski definition) is 0. The molecule has 188 valence electrons. The van der Waals surface area contributed by atoms with Gasteiger partial charge in [-0.25, -0.2) is 43.9 Å². The highest BCUT2D eigenvalue weighted by Gasteiger charge is 2.89. The zero-order valence-electron chi connectivity index (χ0n) is 16.9. The van der Waals surface area contributed by atoms with Gasteiger partial charge in [-0.05, 0) is 6.42 Å². The summed E-state index contributed by atoms with van der Waals surface area (Å²) in [6, 6.07) is 0. The summed E-state index contributed by atoms with van der Waals surface area (Å²) < 4.78 is 199. The first-order valence-electron chi connectivity index (χ1n) is 8.36. The van der Waals surface area contributed by atoms with E-state index in [9.17, 15) is 61.5 Å². The van der Waals surface area contributed by atoms with E-state index in [4.69, 9.17) is 0 Å². The Balaban J connectivity index is 7.29. The first-order chi connectivity index (χ1) is 13.0. The van der Waals surface area contributed by atoms with Crippen LogP contribution in [0.1, 0.15) is 48.0 Å². The van der Waals surface area contributed by atoms with Crippen LogP contribution in [0, 0.1) is 10.8 Å². The Bertz CT molecular complexity index is 577. The van der Waals surface area contributed by atoms with E-state index >= 15 is 0 Å². The molecule has 0 bridgehead atoms. The third-order valence-corrected chi connectivity index (χ3v) is 5.19. The summed E-state index contributed by atoms with van der Waals surface area (Å²) in [6.45, 7) is -3.61. The Morgan fingerprint density at radius 1 is 0.452 bits per heavy atom. The lowest BCUT2D eigenvalue weighted by atomic mass is 9.69. The van der Waals surface area contributed by atoms with Crippen molar-refractivity contribution in [1.29, 1.82) is 0 Å². The summed E-state index contributed by atoms with van der Waals surface area (Å²) in [4.78, 5) is 0. The van der Waals surface area contributed by atoms with E-state index in [2.05, 4.69) is 4.74 Å². The molecular weight excluding hydrogens is 474 g/mol. The van der Waals surface area contributed by atoms with Gasteiger partial charge in [0, 0.05) is 34.6 Å². The van der Waals surface area contributed by atoms with E-state index in [0.29, 0.717) is 0 Å². The van der Waals surface area contributed by atoms with Crippen LogP contribution in [0.15, 0.2) is 0 Å². The molecule has 31 heavy (non-hydrogen) atoms. The van der Waals surface area contributed by atoms with Crippen LogP contribution >= 0.6 is 0 Å². The molecule has 1 nitrogen and oxygen atoms in total. The van der Waals surface area contributed by atoms with E-state index in [0.717, 1.165) is 0 Å². The van der Waals surface area contributed by atoms with Crippen LogP contribution in [0.25, 0.3) is 0 Å². The van der Waals surface area contributed by atoms with Gasteiger partial charge in [-0.15, -0.1) is 0 Å². The van der Waals surface area contributed by atoms with Gasteiger partial charge in [-0.2, -0.15) is 17.6 Å². The highest BCUT2D eigenvalue weighted by Crippen LogP contribution is 2.68. The molecule has 0 aromatic rings. The summed E-state index contributed by atoms with van der Waals surface area (Å²) in [5.41, 5.74) is -11.6. The third kappa shape index (κ3) is 4.19. The van der Waals surface area contributed by atoms with Gasteiger partial charge in [-0.3, -0.25) is 4.74 Å². The van der Waals surface area contributed by atoms with Crippen LogP contribution in [-0.4, -0.2) is 41.8 Å². The van der Waals surface area contributed by atoms with Gasteiger partial charge in [0.2, 0.25) is 5.41 Å². The van der Waals surface area contributed by atoms with Gasteiger partial charge >= 0.3 is 12.2 Å². The summed E-state index contributed by atoms with van der Waals surface area (Å²) in [7, 11) is 0. The molecule has 0 spiro atoms. The molecule has 0 heterocycles. The predicted octanol–water partition coefficient (Wildman–Crippen LogP) is 7.85. The maximum Gasteiger partial charge on any atom is 0.383 e. The average molecular weight is 494 g/mol. The molecule has 0 aliphatic carbocycles. The van der Waals surface area contributed by atoms with Crippen LogP contribution in [-0.2, 0) is 4.74 Å². The van der Waals surface area contributed by atoms with Gasteiger partial charge in [0.1, 0.15) is 0 Å². The Hall–Kier alpha value is -1.02. The standard InChI is InChI=1S/C16H20F14O/c1-7-13(8(2,17)18,9(3,19)20)15(27,28)31-16(29,30)14(10(4,21)22,11(5,23)24)12(6,25)26/h7H2,1-6H3. The lowest BCUT2D eigenvalue weighted by molar-refractivity contribution is -0.518. The quantitative estimate of drug-likeness (QED) is 0.281. The van der Waals surface area contributed by atoms with Crippen molar-refractivity contribution in [1.82, 2.24) is 0 Å². The van der Waals surface area contributed by atoms with E-state index in [1.165, 1.54) is 0 Å². The second-order valence-corrected chi connectivity index (χ2v) is 7.59. The van der Waals surface area contributed by atoms with Gasteiger partial charge in [0.25, 0.3) is 29.6 Å². The van der Waals surface area contributed by atoms with Crippen LogP contribution in [0.4, 0.5) is 61.5 Å². The fraction of sp³-hybridized carbons (Fsp3) is 1.00. The second-order valence-electron chi connectivity index (χ2n) is 7.59. The molecule has 15 heteroatoms. The fourth-order valence-corrected chi connectivity index (χ4v) is 3.97. The summed E-state index contributed by atoms with van der Waals surface area (Å²) in [5, 5.41) is 0. The molecule has 0 saturated heterocycles. The van der Waals surface area contributed by atoms with E-state index in [-0.39, 0.29) is 6.92 Å². The lowest BCUT2D eigenvalue weighted by Gasteiger charge is -2.52. The largest absolute Gasteiger partial charge is 0.383 e. The van der Waals surface area contributed by atoms with Crippen molar-refractivity contribution in [3.8, 4) is 0 Å². The SMILES string of the molecule is CCC(C(C)(F)F)(C(C)(F)F)C(F)(F)OC(F)(F)C(C(C)(F)F)(C(C)(F)F)C(C)(F)F. The summed E-state index contributed by atoms with van der Waals surface area (Å²) in [5.74, 6) is -28.4. The maximum atomic E-state index is 14.5. The van der Waals surface area contributed by atoms with Crippen LogP contribution in [0.3, 0.4) is 0 Å². The van der Waals surface area contributed by atoms with Crippen LogP contribution < -0.4 is 0 Å². The normalized spacial score (nSPS) is 16.6. The first kappa shape index (κ1) is 30.0. The van der Waals surface area contributed by atoms with Gasteiger partial charge in [0.15, 0.2) is 5.41 Å². The minimum atomic E-state index is -7.03. The predicted molar refractivity (Wildman–Crippen MR) is 79.2 cm³/mol. The van der Waals surface area contributed by atoms with Crippen molar-refractivity contribution in [2.75, 3.05) is 0 Å². The topological polar surface area (TPSA) is 9.23 Å². The van der Waals surface area contributed by atoms with Crippen LogP contribution in [0.5, 0.6) is 0 Å². The Labute approximate surface area is 168 Å². The molecular formula is C16H20F14O. The maximum absolute atomic E-state index is 14.5. The number of alkyl halides is 14. The van der Waals surface area contributed by atoms with E-state index in [1.807, 2.05) is 0 Å². The van der Waals surface area contributed by atoms with Gasteiger partial charge < -0.3 is 0 Å². The molecule has 0 saturated carbocycles. The van der Waals surface area contributed by atoms with Crippen LogP contribution in [0.2, 0.25) is 0 Å². The zero-order chi connectivity index (χ0) is 25.9. The lowest BCUT2D eigenvalue weighted by Crippen LogP contribution is -2.73. The molecule has 0 amide bonds. The minimum Gasteiger partial charge on any atom is -0.253 e. The zero-order valence-corrected chi connectivity index (χ0v) is 16.9. The monoisotopic (exact) mass is 494 g/mol. The number of rotatable bonds is 10. The molecule has 0 atom stereocenters. The summed E-state index contributed by atoms with van der Waals surface area (Å²) >= 11 is 0. The number of halogens is 14. The minimum absolute atomic E-state index is 0.231. The van der Waals surface area contributed by atoms with Gasteiger partial charge in [0.05, 0.1) is 0 Å². The van der Waals surface area contributed by atoms with Crippen molar-refractivity contribution < 1.29 is 66.2 Å². The Morgan fingerprint density at radius 2 is 0.710 bits per heavy atom. The van der Waals surface area contributed by atoms with Crippen molar-refractivity contribution in [3.05, 3.63) is 0 Å². The summed E-state index contributed by atoms with van der Waals surface area (Å²) in [6.07, 6.45) is -15.7. The van der Waals surface area contributed by atoms with Crippen molar-refractivity contribution in [2.24, 2.45) is 10.8 Å². The molecule has 0 aliphatic heterocycles. The third-order valence-electron chi connectivity index (χ3n) is 5.19. The van der Waals surface area contributed by atoms with Crippen molar-refractivity contribution in [2.45, 2.75) is 89.8 Å². The molecule has 0 aromatic heterocycles.